The van der Waals surface area contributed by atoms with E-state index in [1.54, 1.807) is 0 Å². The zero-order valence-electron chi connectivity index (χ0n) is 9.56. The molecule has 3 heteroatoms. The van der Waals surface area contributed by atoms with Crippen LogP contribution in [0, 0.1) is 0 Å². The molecular formula is C14H15NO2. The van der Waals surface area contributed by atoms with Crippen molar-refractivity contribution in [3.05, 3.63) is 42.2 Å². The first-order chi connectivity index (χ1) is 8.35. The number of furan rings is 1. The second kappa shape index (κ2) is 4.26. The second-order valence-corrected chi connectivity index (χ2v) is 4.32. The zero-order chi connectivity index (χ0) is 11.7. The first-order valence-electron chi connectivity index (χ1n) is 5.91. The van der Waals surface area contributed by atoms with Gasteiger partial charge in [-0.2, -0.15) is 0 Å². The Morgan fingerprint density at radius 2 is 2.12 bits per heavy atom. The highest BCUT2D eigenvalue weighted by Gasteiger charge is 2.23. The lowest BCUT2D eigenvalue weighted by Gasteiger charge is -2.05. The number of benzene rings is 1. The van der Waals surface area contributed by atoms with E-state index in [4.69, 9.17) is 14.9 Å². The summed E-state index contributed by atoms with van der Waals surface area (Å²) in [5, 5.41) is 0. The number of rotatable bonds is 4. The van der Waals surface area contributed by atoms with Gasteiger partial charge >= 0.3 is 0 Å². The summed E-state index contributed by atoms with van der Waals surface area (Å²) in [5.74, 6) is 2.55. The fourth-order valence-corrected chi connectivity index (χ4v) is 1.74. The average molecular weight is 229 g/mol. The Bertz CT molecular complexity index is 514. The molecule has 0 unspecified atom stereocenters. The molecule has 0 spiro atoms. The molecule has 1 aliphatic carbocycles. The van der Waals surface area contributed by atoms with Crippen LogP contribution in [0.1, 0.15) is 18.6 Å². The molecule has 0 aliphatic heterocycles. The number of hydrogen-bond acceptors (Lipinski definition) is 3. The van der Waals surface area contributed by atoms with Crippen molar-refractivity contribution in [2.24, 2.45) is 5.73 Å². The van der Waals surface area contributed by atoms with Gasteiger partial charge in [-0.1, -0.05) is 12.1 Å². The van der Waals surface area contributed by atoms with Gasteiger partial charge < -0.3 is 14.9 Å². The Balaban J connectivity index is 1.85. The molecule has 1 heterocycles. The Labute approximate surface area is 100 Å². The number of hydrogen-bond donors (Lipinski definition) is 1. The van der Waals surface area contributed by atoms with Crippen LogP contribution in [0.2, 0.25) is 0 Å². The number of nitrogens with two attached hydrogens (primary N) is 1. The Morgan fingerprint density at radius 1 is 1.24 bits per heavy atom. The maximum atomic E-state index is 5.75. The topological polar surface area (TPSA) is 48.4 Å². The highest BCUT2D eigenvalue weighted by atomic mass is 16.5. The van der Waals surface area contributed by atoms with Crippen LogP contribution in [0.15, 0.2) is 40.8 Å². The minimum Gasteiger partial charge on any atom is -0.490 e. The van der Waals surface area contributed by atoms with E-state index < -0.39 is 0 Å². The molecule has 1 saturated carbocycles. The van der Waals surface area contributed by atoms with Crippen LogP contribution >= 0.6 is 0 Å². The smallest absolute Gasteiger partial charge is 0.134 e. The summed E-state index contributed by atoms with van der Waals surface area (Å²) in [7, 11) is 0. The van der Waals surface area contributed by atoms with E-state index >= 15 is 0 Å². The summed E-state index contributed by atoms with van der Waals surface area (Å²) in [6.07, 6.45) is 2.76. The predicted octanol–water partition coefficient (Wildman–Crippen LogP) is 2.95. The molecule has 2 N–H and O–H groups in total. The van der Waals surface area contributed by atoms with Gasteiger partial charge in [0, 0.05) is 5.56 Å². The molecule has 1 aliphatic rings. The molecule has 1 fully saturated rings. The largest absolute Gasteiger partial charge is 0.490 e. The van der Waals surface area contributed by atoms with E-state index in [0.29, 0.717) is 12.6 Å². The minimum absolute atomic E-state index is 0.418. The maximum absolute atomic E-state index is 5.75. The van der Waals surface area contributed by atoms with Crippen LogP contribution < -0.4 is 10.5 Å². The highest BCUT2D eigenvalue weighted by Crippen LogP contribution is 2.30. The van der Waals surface area contributed by atoms with Gasteiger partial charge in [-0.3, -0.25) is 0 Å². The fraction of sp³-hybridized carbons (Fsp3) is 0.286. The first-order valence-corrected chi connectivity index (χ1v) is 5.91. The molecule has 2 aromatic rings. The summed E-state index contributed by atoms with van der Waals surface area (Å²) < 4.78 is 11.4. The molecular weight excluding hydrogens is 214 g/mol. The lowest BCUT2D eigenvalue weighted by Crippen LogP contribution is -1.95. The molecule has 0 saturated heterocycles. The van der Waals surface area contributed by atoms with Crippen molar-refractivity contribution in [3.8, 4) is 17.1 Å². The summed E-state index contributed by atoms with van der Waals surface area (Å²) in [6, 6.07) is 11.8. The average Bonchev–Trinajstić information content (AvgIpc) is 3.04. The van der Waals surface area contributed by atoms with E-state index in [1.165, 1.54) is 12.8 Å². The number of ether oxygens (including phenoxy) is 1. The summed E-state index contributed by atoms with van der Waals surface area (Å²) in [5.41, 5.74) is 6.56. The van der Waals surface area contributed by atoms with Crippen LogP contribution in [0.3, 0.4) is 0 Å². The van der Waals surface area contributed by atoms with E-state index in [-0.39, 0.29) is 0 Å². The van der Waals surface area contributed by atoms with Crippen molar-refractivity contribution in [2.45, 2.75) is 25.5 Å². The lowest BCUT2D eigenvalue weighted by atomic mass is 10.1. The van der Waals surface area contributed by atoms with Gasteiger partial charge in [0.1, 0.15) is 17.3 Å². The van der Waals surface area contributed by atoms with Crippen LogP contribution in [0.5, 0.6) is 5.75 Å². The highest BCUT2D eigenvalue weighted by molar-refractivity contribution is 5.59. The van der Waals surface area contributed by atoms with Gasteiger partial charge in [0.2, 0.25) is 0 Å². The van der Waals surface area contributed by atoms with Crippen molar-refractivity contribution in [1.29, 1.82) is 0 Å². The molecule has 0 bridgehead atoms. The Morgan fingerprint density at radius 3 is 2.82 bits per heavy atom. The van der Waals surface area contributed by atoms with E-state index in [2.05, 4.69) is 0 Å². The van der Waals surface area contributed by atoms with Gasteiger partial charge in [0.25, 0.3) is 0 Å². The fourth-order valence-electron chi connectivity index (χ4n) is 1.74. The molecule has 0 radical (unpaired) electrons. The summed E-state index contributed by atoms with van der Waals surface area (Å²) in [6.45, 7) is 0.429. The van der Waals surface area contributed by atoms with Crippen LogP contribution in [-0.2, 0) is 6.54 Å². The lowest BCUT2D eigenvalue weighted by molar-refractivity contribution is 0.303. The Hall–Kier alpha value is -1.74. The van der Waals surface area contributed by atoms with Crippen molar-refractivity contribution >= 4 is 0 Å². The van der Waals surface area contributed by atoms with Crippen LogP contribution in [-0.4, -0.2) is 6.10 Å². The normalized spacial score (nSPS) is 14.9. The van der Waals surface area contributed by atoms with E-state index in [0.717, 1.165) is 22.8 Å². The van der Waals surface area contributed by atoms with Gasteiger partial charge in [-0.15, -0.1) is 0 Å². The molecule has 3 rings (SSSR count). The predicted molar refractivity (Wildman–Crippen MR) is 65.7 cm³/mol. The van der Waals surface area contributed by atoms with Gasteiger partial charge in [-0.25, -0.2) is 0 Å². The molecule has 1 aromatic carbocycles. The molecule has 17 heavy (non-hydrogen) atoms. The van der Waals surface area contributed by atoms with Crippen molar-refractivity contribution < 1.29 is 9.15 Å². The summed E-state index contributed by atoms with van der Waals surface area (Å²) >= 11 is 0. The van der Waals surface area contributed by atoms with E-state index in [1.807, 2.05) is 36.4 Å². The van der Waals surface area contributed by atoms with Crippen LogP contribution in [0.25, 0.3) is 11.3 Å². The van der Waals surface area contributed by atoms with Gasteiger partial charge in [0.05, 0.1) is 12.6 Å². The first kappa shape index (κ1) is 10.4. The van der Waals surface area contributed by atoms with Crippen molar-refractivity contribution in [1.82, 2.24) is 0 Å². The minimum atomic E-state index is 0.418. The molecule has 0 atom stereocenters. The van der Waals surface area contributed by atoms with Crippen LogP contribution in [0.4, 0.5) is 0 Å². The third kappa shape index (κ3) is 2.34. The third-order valence-electron chi connectivity index (χ3n) is 2.81. The third-order valence-corrected chi connectivity index (χ3v) is 2.81. The monoisotopic (exact) mass is 229 g/mol. The molecule has 3 nitrogen and oxygen atoms in total. The van der Waals surface area contributed by atoms with Crippen molar-refractivity contribution in [3.63, 3.8) is 0 Å². The molecule has 88 valence electrons. The molecule has 0 amide bonds. The van der Waals surface area contributed by atoms with Gasteiger partial charge in [-0.05, 0) is 37.1 Å². The standard InChI is InChI=1S/C14H15NO2/c15-9-13-6-7-14(17-13)10-2-1-3-12(8-10)16-11-4-5-11/h1-3,6-8,11H,4-5,9,15H2. The van der Waals surface area contributed by atoms with E-state index in [9.17, 15) is 0 Å². The SMILES string of the molecule is NCc1ccc(-c2cccc(OC3CC3)c2)o1. The quantitative estimate of drug-likeness (QED) is 0.876. The van der Waals surface area contributed by atoms with Crippen molar-refractivity contribution in [2.75, 3.05) is 0 Å². The zero-order valence-corrected chi connectivity index (χ0v) is 9.56. The molecule has 1 aromatic heterocycles. The summed E-state index contributed by atoms with van der Waals surface area (Å²) in [4.78, 5) is 0. The van der Waals surface area contributed by atoms with Gasteiger partial charge in [0.15, 0.2) is 0 Å². The Kier molecular flexibility index (Phi) is 2.61. The second-order valence-electron chi connectivity index (χ2n) is 4.32. The maximum Gasteiger partial charge on any atom is 0.134 e.